The molecule has 3 aliphatic rings. The van der Waals surface area contributed by atoms with Gasteiger partial charge in [-0.05, 0) is 49.0 Å². The predicted molar refractivity (Wildman–Crippen MR) is 174 cm³/mol. The van der Waals surface area contributed by atoms with E-state index in [-0.39, 0.29) is 35.7 Å². The monoisotopic (exact) mass is 635 g/mol. The second kappa shape index (κ2) is 17.7. The number of aliphatic hydroxyl groups excluding tert-OH is 1. The lowest BCUT2D eigenvalue weighted by atomic mass is 9.90. The van der Waals surface area contributed by atoms with E-state index < -0.39 is 24.3 Å². The smallest absolute Gasteiger partial charge is 0.416 e. The zero-order valence-corrected chi connectivity index (χ0v) is 26.9. The number of nitrogens with zero attached hydrogens (tertiary/aromatic N) is 3. The van der Waals surface area contributed by atoms with Crippen molar-refractivity contribution in [2.75, 3.05) is 26.8 Å². The number of hydrogen-bond donors (Lipinski definition) is 1. The molecule has 4 unspecified atom stereocenters. The summed E-state index contributed by atoms with van der Waals surface area (Å²) >= 11 is 0. The summed E-state index contributed by atoms with van der Waals surface area (Å²) in [6.45, 7) is 10.5. The fraction of sp³-hybridized carbons (Fsp3) is 0.429. The average molecular weight is 636 g/mol. The molecule has 0 spiro atoms. The Kier molecular flexibility index (Phi) is 13.8. The van der Waals surface area contributed by atoms with E-state index >= 15 is 0 Å². The summed E-state index contributed by atoms with van der Waals surface area (Å²) in [5.74, 6) is -0.765. The van der Waals surface area contributed by atoms with Crippen LogP contribution in [0, 0.1) is 22.0 Å². The second-order valence-corrected chi connectivity index (χ2v) is 11.1. The summed E-state index contributed by atoms with van der Waals surface area (Å²) in [7, 11) is 1.50. The fourth-order valence-corrected chi connectivity index (χ4v) is 5.53. The van der Waals surface area contributed by atoms with Crippen LogP contribution < -0.4 is 0 Å². The standard InChI is InChI=1S/C33H41N3O8.C2H4/c1-4-10-24(14-8-11-23(2)36(40)41)22-44-33(39)35-28-19-30(43-21-25-12-6-5-7-13-25)29(42-3)17-16-27(28)32(38)34-18-9-15-26(20-34)31(35)37;1-2/h5-8,10-13,16-17,19,23,26-27,31,37H,4,9,14-15,18,20-22H2,1-3H3;1-2H2/b11-8-,24-10+;. The highest BCUT2D eigenvalue weighted by atomic mass is 16.6. The molecule has 1 N–H and O–H groups in total. The van der Waals surface area contributed by atoms with Gasteiger partial charge in [-0.1, -0.05) is 55.5 Å². The third kappa shape index (κ3) is 9.20. The van der Waals surface area contributed by atoms with Crippen LogP contribution in [-0.4, -0.2) is 70.9 Å². The van der Waals surface area contributed by atoms with Crippen LogP contribution >= 0.6 is 0 Å². The number of ether oxygens (including phenoxy) is 3. The molecule has 2 bridgehead atoms. The second-order valence-electron chi connectivity index (χ2n) is 11.1. The van der Waals surface area contributed by atoms with Gasteiger partial charge in [-0.25, -0.2) is 4.79 Å². The van der Waals surface area contributed by atoms with Crippen molar-refractivity contribution in [2.45, 2.75) is 58.4 Å². The van der Waals surface area contributed by atoms with Gasteiger partial charge < -0.3 is 24.2 Å². The lowest BCUT2D eigenvalue weighted by molar-refractivity contribution is -0.504. The highest BCUT2D eigenvalue weighted by Crippen LogP contribution is 2.36. The lowest BCUT2D eigenvalue weighted by Gasteiger charge is -2.44. The number of aliphatic hydroxyl groups is 1. The van der Waals surface area contributed by atoms with Crippen molar-refractivity contribution in [3.63, 3.8) is 0 Å². The Bertz CT molecular complexity index is 1370. The first kappa shape index (κ1) is 35.8. The van der Waals surface area contributed by atoms with E-state index in [0.717, 1.165) is 11.1 Å². The van der Waals surface area contributed by atoms with Gasteiger partial charge in [0, 0.05) is 42.6 Å². The molecule has 2 fully saturated rings. The van der Waals surface area contributed by atoms with Gasteiger partial charge in [0.1, 0.15) is 19.4 Å². The van der Waals surface area contributed by atoms with E-state index in [1.54, 1.807) is 29.2 Å². The van der Waals surface area contributed by atoms with E-state index in [4.69, 9.17) is 14.2 Å². The van der Waals surface area contributed by atoms with Crippen LogP contribution in [0.1, 0.15) is 45.1 Å². The molecule has 2 saturated heterocycles. The van der Waals surface area contributed by atoms with E-state index in [0.29, 0.717) is 50.3 Å². The molecule has 2 heterocycles. The van der Waals surface area contributed by atoms with Crippen molar-refractivity contribution in [1.82, 2.24) is 9.80 Å². The number of methoxy groups -OCH3 is 1. The molecule has 4 rings (SSSR count). The molecular formula is C35H45N3O8. The maximum absolute atomic E-state index is 13.9. The first-order valence-electron chi connectivity index (χ1n) is 15.5. The molecule has 11 heteroatoms. The third-order valence-corrected chi connectivity index (χ3v) is 7.94. The molecule has 0 aromatic heterocycles. The van der Waals surface area contributed by atoms with Crippen molar-refractivity contribution >= 4 is 12.0 Å². The topological polar surface area (TPSA) is 132 Å². The summed E-state index contributed by atoms with van der Waals surface area (Å²) in [4.78, 5) is 41.2. The van der Waals surface area contributed by atoms with E-state index in [9.17, 15) is 24.8 Å². The zero-order chi connectivity index (χ0) is 33.6. The Morgan fingerprint density at radius 1 is 1.24 bits per heavy atom. The number of fused-ring (bicyclic) bond motifs is 3. The first-order valence-corrected chi connectivity index (χ1v) is 15.5. The molecule has 0 saturated carbocycles. The molecule has 0 radical (unpaired) electrons. The minimum absolute atomic E-state index is 0.0812. The number of nitro groups is 1. The van der Waals surface area contributed by atoms with E-state index in [1.165, 1.54) is 25.0 Å². The maximum atomic E-state index is 13.9. The molecule has 4 atom stereocenters. The number of piperidine rings is 1. The quantitative estimate of drug-likeness (QED) is 0.181. The zero-order valence-electron chi connectivity index (χ0n) is 26.9. The maximum Gasteiger partial charge on any atom is 0.416 e. The van der Waals surface area contributed by atoms with Gasteiger partial charge in [0.2, 0.25) is 11.9 Å². The molecular weight excluding hydrogens is 590 g/mol. The number of carbonyl (C=O) groups excluding carboxylic acids is 2. The Balaban J connectivity index is 0.00000282. The summed E-state index contributed by atoms with van der Waals surface area (Å²) in [5.41, 5.74) is 1.91. The van der Waals surface area contributed by atoms with Crippen molar-refractivity contribution in [2.24, 2.45) is 11.8 Å². The van der Waals surface area contributed by atoms with E-state index in [1.807, 2.05) is 43.3 Å². The molecule has 1 aromatic carbocycles. The summed E-state index contributed by atoms with van der Waals surface area (Å²) in [6, 6.07) is 8.73. The van der Waals surface area contributed by atoms with Crippen LogP contribution in [0.4, 0.5) is 4.79 Å². The molecule has 1 aromatic rings. The Labute approximate surface area is 270 Å². The summed E-state index contributed by atoms with van der Waals surface area (Å²) < 4.78 is 17.5. The number of hydrogen-bond acceptors (Lipinski definition) is 8. The van der Waals surface area contributed by atoms with Gasteiger partial charge in [0.25, 0.3) is 0 Å². The van der Waals surface area contributed by atoms with Crippen LogP contribution in [0.25, 0.3) is 0 Å². The largest absolute Gasteiger partial charge is 0.493 e. The summed E-state index contributed by atoms with van der Waals surface area (Å²) in [6.07, 6.45) is 10.3. The van der Waals surface area contributed by atoms with Crippen LogP contribution in [-0.2, 0) is 25.6 Å². The Morgan fingerprint density at radius 3 is 2.65 bits per heavy atom. The van der Waals surface area contributed by atoms with Gasteiger partial charge >= 0.3 is 6.09 Å². The summed E-state index contributed by atoms with van der Waals surface area (Å²) in [5, 5.41) is 22.6. The fourth-order valence-electron chi connectivity index (χ4n) is 5.53. The first-order chi connectivity index (χ1) is 22.2. The molecule has 2 amide bonds. The number of allylic oxidation sites excluding steroid dienone is 4. The van der Waals surface area contributed by atoms with Crippen molar-refractivity contribution < 1.29 is 33.8 Å². The average Bonchev–Trinajstić information content (AvgIpc) is 3.26. The normalized spacial score (nSPS) is 22.0. The molecule has 2 aliphatic heterocycles. The third-order valence-electron chi connectivity index (χ3n) is 7.94. The number of amides is 2. The molecule has 46 heavy (non-hydrogen) atoms. The van der Waals surface area contributed by atoms with E-state index in [2.05, 4.69) is 13.2 Å². The minimum atomic E-state index is -1.25. The number of carbonyl (C=O) groups is 2. The van der Waals surface area contributed by atoms with Crippen LogP contribution in [0.2, 0.25) is 0 Å². The minimum Gasteiger partial charge on any atom is -0.493 e. The highest BCUT2D eigenvalue weighted by molar-refractivity contribution is 5.86. The van der Waals surface area contributed by atoms with Gasteiger partial charge in [0.05, 0.1) is 13.0 Å². The molecule has 248 valence electrons. The van der Waals surface area contributed by atoms with Gasteiger partial charge in [0.15, 0.2) is 11.5 Å². The van der Waals surface area contributed by atoms with Crippen LogP contribution in [0.3, 0.4) is 0 Å². The van der Waals surface area contributed by atoms with Crippen molar-refractivity contribution in [1.29, 1.82) is 0 Å². The van der Waals surface area contributed by atoms with Gasteiger partial charge in [-0.2, -0.15) is 0 Å². The molecule has 1 aliphatic carbocycles. The van der Waals surface area contributed by atoms with Crippen LogP contribution in [0.5, 0.6) is 0 Å². The van der Waals surface area contributed by atoms with Gasteiger partial charge in [-0.15, -0.1) is 13.2 Å². The van der Waals surface area contributed by atoms with Crippen LogP contribution in [0.15, 0.2) is 103 Å². The number of benzene rings is 1. The highest BCUT2D eigenvalue weighted by Gasteiger charge is 2.44. The lowest BCUT2D eigenvalue weighted by Crippen LogP contribution is -2.56. The molecule has 11 nitrogen and oxygen atoms in total. The number of rotatable bonds is 11. The SMILES string of the molecule is C=C.CC/C=C(\C/C=C\C(C)[N+](=O)[O-])COC(=O)N1C2=CC(OCc3ccccc3)=C(OC)C=CC2C(=O)N2CCCC(C2)C1O. The Hall–Kier alpha value is -4.64. The van der Waals surface area contributed by atoms with Crippen molar-refractivity contribution in [3.8, 4) is 0 Å². The Morgan fingerprint density at radius 2 is 1.98 bits per heavy atom. The van der Waals surface area contributed by atoms with Crippen molar-refractivity contribution in [3.05, 3.63) is 118 Å². The van der Waals surface area contributed by atoms with Gasteiger partial charge in [-0.3, -0.25) is 19.8 Å². The predicted octanol–water partition coefficient (Wildman–Crippen LogP) is 5.89.